The highest BCUT2D eigenvalue weighted by Gasteiger charge is 2.53. The summed E-state index contributed by atoms with van der Waals surface area (Å²) < 4.78 is 0. The number of benzene rings is 8. The molecule has 12 rings (SSSR count). The Kier molecular flexibility index (Phi) is 7.45. The van der Waals surface area contributed by atoms with Crippen LogP contribution >= 0.6 is 0 Å². The molecule has 0 fully saturated rings. The molecule has 59 heavy (non-hydrogen) atoms. The van der Waals surface area contributed by atoms with Crippen molar-refractivity contribution in [3.8, 4) is 78.5 Å². The lowest BCUT2D eigenvalue weighted by Crippen LogP contribution is -2.26. The second kappa shape index (κ2) is 13.2. The fourth-order valence-electron chi connectivity index (χ4n) is 9.80. The summed E-state index contributed by atoms with van der Waals surface area (Å²) in [5.41, 5.74) is 20.0. The normalized spacial score (nSPS) is 12.9. The number of hydrogen-bond donors (Lipinski definition) is 0. The summed E-state index contributed by atoms with van der Waals surface area (Å²) >= 11 is 0. The topological polar surface area (TPSA) is 38.7 Å². The van der Waals surface area contributed by atoms with Gasteiger partial charge in [-0.1, -0.05) is 188 Å². The third-order valence-electron chi connectivity index (χ3n) is 12.3. The maximum absolute atomic E-state index is 5.54. The van der Waals surface area contributed by atoms with Gasteiger partial charge in [-0.05, 0) is 74.3 Å². The molecule has 0 aliphatic heterocycles. The first-order valence-corrected chi connectivity index (χ1v) is 20.2. The first-order valence-electron chi connectivity index (χ1n) is 20.2. The summed E-state index contributed by atoms with van der Waals surface area (Å²) in [6.45, 7) is 0. The van der Waals surface area contributed by atoms with Crippen LogP contribution in [0, 0.1) is 0 Å². The van der Waals surface area contributed by atoms with Gasteiger partial charge >= 0.3 is 0 Å². The van der Waals surface area contributed by atoms with Gasteiger partial charge in [0.2, 0.25) is 0 Å². The highest BCUT2D eigenvalue weighted by molar-refractivity contribution is 6.06. The maximum Gasteiger partial charge on any atom is 0.160 e. The van der Waals surface area contributed by atoms with E-state index in [0.717, 1.165) is 56.0 Å². The summed E-state index contributed by atoms with van der Waals surface area (Å²) in [6.07, 6.45) is 0. The third kappa shape index (κ3) is 5.05. The minimum Gasteiger partial charge on any atom is -0.247 e. The van der Waals surface area contributed by atoms with Crippen LogP contribution in [0.1, 0.15) is 22.3 Å². The molecule has 0 saturated heterocycles. The van der Waals surface area contributed by atoms with Gasteiger partial charge in [-0.15, -0.1) is 0 Å². The van der Waals surface area contributed by atoms with Crippen LogP contribution in [0.2, 0.25) is 0 Å². The van der Waals surface area contributed by atoms with Crippen molar-refractivity contribution in [3.63, 3.8) is 0 Å². The zero-order valence-corrected chi connectivity index (χ0v) is 32.0. The van der Waals surface area contributed by atoms with Gasteiger partial charge in [-0.3, -0.25) is 0 Å². The van der Waals surface area contributed by atoms with Crippen molar-refractivity contribution < 1.29 is 0 Å². The number of para-hydroxylation sites is 1. The Hall–Kier alpha value is -7.75. The Morgan fingerprint density at radius 1 is 0.322 bits per heavy atom. The minimum atomic E-state index is -0.477. The fourth-order valence-corrected chi connectivity index (χ4v) is 9.80. The predicted molar refractivity (Wildman–Crippen MR) is 241 cm³/mol. The lowest BCUT2D eigenvalue weighted by Gasteiger charge is -2.31. The van der Waals surface area contributed by atoms with Crippen LogP contribution in [0.4, 0.5) is 0 Å². The monoisotopic (exact) mass is 749 g/mol. The summed E-state index contributed by atoms with van der Waals surface area (Å²) in [6, 6.07) is 75.9. The first-order chi connectivity index (χ1) is 29.3. The molecule has 0 atom stereocenters. The SMILES string of the molecule is c1ccc(-c2cc(-c3ccccc3)nc(-c3cccc(-c4cccc(-c5nc6ccccc6c6c5-c5ccccc5C65c6ccccc6-c6ccccc65)c4)c3)n2)cc1. The zero-order valence-electron chi connectivity index (χ0n) is 32.0. The molecule has 0 bridgehead atoms. The number of nitrogens with zero attached hydrogens (tertiary/aromatic N) is 3. The molecule has 1 spiro atoms. The quantitative estimate of drug-likeness (QED) is 0.176. The van der Waals surface area contributed by atoms with Crippen molar-refractivity contribution in [2.45, 2.75) is 5.41 Å². The van der Waals surface area contributed by atoms with Gasteiger partial charge in [0.05, 0.1) is 28.0 Å². The number of pyridine rings is 1. The van der Waals surface area contributed by atoms with E-state index in [-0.39, 0.29) is 0 Å². The molecule has 0 N–H and O–H groups in total. The van der Waals surface area contributed by atoms with Crippen molar-refractivity contribution in [2.24, 2.45) is 0 Å². The minimum absolute atomic E-state index is 0.477. The lowest BCUT2D eigenvalue weighted by atomic mass is 9.69. The van der Waals surface area contributed by atoms with E-state index in [4.69, 9.17) is 15.0 Å². The molecule has 274 valence electrons. The first kappa shape index (κ1) is 33.4. The van der Waals surface area contributed by atoms with E-state index in [2.05, 4.69) is 200 Å². The molecule has 2 heterocycles. The van der Waals surface area contributed by atoms with Gasteiger partial charge in [0.1, 0.15) is 0 Å². The highest BCUT2D eigenvalue weighted by atomic mass is 14.9. The zero-order chi connectivity index (χ0) is 38.9. The van der Waals surface area contributed by atoms with Gasteiger partial charge in [0, 0.05) is 33.2 Å². The van der Waals surface area contributed by atoms with Crippen LogP contribution in [-0.2, 0) is 5.41 Å². The Morgan fingerprint density at radius 2 is 0.780 bits per heavy atom. The molecule has 8 aromatic carbocycles. The van der Waals surface area contributed by atoms with Crippen molar-refractivity contribution in [1.82, 2.24) is 15.0 Å². The van der Waals surface area contributed by atoms with E-state index in [1.54, 1.807) is 0 Å². The van der Waals surface area contributed by atoms with Gasteiger partial charge < -0.3 is 0 Å². The van der Waals surface area contributed by atoms with E-state index in [1.807, 2.05) is 12.1 Å². The molecule has 3 heteroatoms. The highest BCUT2D eigenvalue weighted by Crippen LogP contribution is 2.65. The molecule has 2 aliphatic carbocycles. The molecular formula is C56H35N3. The van der Waals surface area contributed by atoms with E-state index >= 15 is 0 Å². The van der Waals surface area contributed by atoms with Crippen LogP contribution in [0.25, 0.3) is 89.4 Å². The maximum atomic E-state index is 5.54. The largest absolute Gasteiger partial charge is 0.247 e. The molecule has 3 nitrogen and oxygen atoms in total. The number of hydrogen-bond acceptors (Lipinski definition) is 3. The van der Waals surface area contributed by atoms with Crippen LogP contribution in [0.15, 0.2) is 212 Å². The van der Waals surface area contributed by atoms with E-state index in [0.29, 0.717) is 5.82 Å². The van der Waals surface area contributed by atoms with Crippen molar-refractivity contribution in [3.05, 3.63) is 235 Å². The molecular weight excluding hydrogens is 715 g/mol. The molecule has 0 unspecified atom stereocenters. The predicted octanol–water partition coefficient (Wildman–Crippen LogP) is 13.7. The van der Waals surface area contributed by atoms with Crippen LogP contribution in [-0.4, -0.2) is 15.0 Å². The fraction of sp³-hybridized carbons (Fsp3) is 0.0179. The Bertz CT molecular complexity index is 3170. The van der Waals surface area contributed by atoms with Crippen LogP contribution in [0.3, 0.4) is 0 Å². The number of rotatable bonds is 5. The standard InChI is InChI=1S/C56H35N3/c1-3-17-36(18-4-1)50-35-51(37-19-5-2-6-20-37)59-55(58-50)41-24-16-22-39(34-41)38-21-15-23-40(33-38)54-52-44-27-9-13-31-48(44)56(53(52)45-28-10-14-32-49(45)57-54)46-29-11-7-25-42(46)43-26-8-12-30-47(43)56/h1-35H. The number of aromatic nitrogens is 3. The second-order valence-corrected chi connectivity index (χ2v) is 15.5. The van der Waals surface area contributed by atoms with E-state index < -0.39 is 5.41 Å². The van der Waals surface area contributed by atoms with Gasteiger partial charge in [-0.2, -0.15) is 0 Å². The Labute approximate surface area is 343 Å². The molecule has 2 aliphatic rings. The van der Waals surface area contributed by atoms with Crippen molar-refractivity contribution >= 4 is 10.9 Å². The summed E-state index contributed by atoms with van der Waals surface area (Å²) in [5.74, 6) is 0.691. The third-order valence-corrected chi connectivity index (χ3v) is 12.3. The van der Waals surface area contributed by atoms with Gasteiger partial charge in [0.15, 0.2) is 5.82 Å². The second-order valence-electron chi connectivity index (χ2n) is 15.5. The van der Waals surface area contributed by atoms with Gasteiger partial charge in [-0.25, -0.2) is 15.0 Å². The molecule has 0 radical (unpaired) electrons. The average Bonchev–Trinajstić information content (AvgIpc) is 3.80. The van der Waals surface area contributed by atoms with E-state index in [1.165, 1.54) is 49.9 Å². The molecule has 10 aromatic rings. The molecule has 0 amide bonds. The van der Waals surface area contributed by atoms with Crippen molar-refractivity contribution in [2.75, 3.05) is 0 Å². The summed E-state index contributed by atoms with van der Waals surface area (Å²) in [4.78, 5) is 15.8. The van der Waals surface area contributed by atoms with Crippen LogP contribution < -0.4 is 0 Å². The average molecular weight is 750 g/mol. The lowest BCUT2D eigenvalue weighted by molar-refractivity contribution is 0.801. The molecule has 2 aromatic heterocycles. The molecule has 0 saturated carbocycles. The van der Waals surface area contributed by atoms with E-state index in [9.17, 15) is 0 Å². The van der Waals surface area contributed by atoms with Crippen LogP contribution in [0.5, 0.6) is 0 Å². The summed E-state index contributed by atoms with van der Waals surface area (Å²) in [7, 11) is 0. The Balaban J connectivity index is 1.05. The summed E-state index contributed by atoms with van der Waals surface area (Å²) in [5, 5.41) is 1.19. The number of fused-ring (bicyclic) bond motifs is 12. The van der Waals surface area contributed by atoms with Gasteiger partial charge in [0.25, 0.3) is 0 Å². The Morgan fingerprint density at radius 3 is 1.41 bits per heavy atom. The smallest absolute Gasteiger partial charge is 0.160 e. The van der Waals surface area contributed by atoms with Crippen molar-refractivity contribution in [1.29, 1.82) is 0 Å².